The lowest BCUT2D eigenvalue weighted by Crippen LogP contribution is -2.23. The van der Waals surface area contributed by atoms with Crippen LogP contribution in [-0.4, -0.2) is 18.1 Å². The maximum atomic E-state index is 12.6. The molecule has 3 rings (SSSR count). The number of amides is 1. The van der Waals surface area contributed by atoms with Crippen molar-refractivity contribution in [1.82, 2.24) is 0 Å². The van der Waals surface area contributed by atoms with Crippen LogP contribution in [0.3, 0.4) is 0 Å². The number of benzene rings is 3. The maximum Gasteiger partial charge on any atom is 0.242 e. The molecule has 0 fully saturated rings. The predicted molar refractivity (Wildman–Crippen MR) is 100 cm³/mol. The minimum Gasteiger partial charge on any atom is -0.504 e. The average Bonchev–Trinajstić information content (AvgIpc) is 2.67. The Morgan fingerprint density at radius 1 is 1.19 bits per heavy atom. The molecule has 5 heteroatoms. The number of carbonyl (C=O) groups excluding carboxylic acids is 1. The number of nitriles is 1. The van der Waals surface area contributed by atoms with Crippen molar-refractivity contribution in [1.29, 1.82) is 5.26 Å². The molecule has 0 unspecified atom stereocenters. The lowest BCUT2D eigenvalue weighted by atomic mass is 9.99. The first-order chi connectivity index (χ1) is 12.6. The molecule has 1 amide bonds. The monoisotopic (exact) mass is 346 g/mol. The number of phenolic OH excluding ortho intramolecular Hbond substituents is 1. The van der Waals surface area contributed by atoms with Gasteiger partial charge in [0.05, 0.1) is 13.2 Å². The number of nitrogens with one attached hydrogen (secondary N) is 1. The van der Waals surface area contributed by atoms with Crippen molar-refractivity contribution < 1.29 is 14.6 Å². The zero-order valence-electron chi connectivity index (χ0n) is 14.3. The number of anilines is 1. The third kappa shape index (κ3) is 3.60. The first kappa shape index (κ1) is 17.3. The van der Waals surface area contributed by atoms with E-state index in [-0.39, 0.29) is 18.1 Å². The van der Waals surface area contributed by atoms with Crippen LogP contribution < -0.4 is 10.1 Å². The summed E-state index contributed by atoms with van der Waals surface area (Å²) < 4.78 is 5.07. The molecular formula is C21H18N2O3. The molecule has 1 atom stereocenters. The van der Waals surface area contributed by atoms with Gasteiger partial charge >= 0.3 is 0 Å². The molecule has 5 nitrogen and oxygen atoms in total. The van der Waals surface area contributed by atoms with Gasteiger partial charge in [-0.05, 0) is 35.6 Å². The molecule has 0 aromatic heterocycles. The largest absolute Gasteiger partial charge is 0.504 e. The highest BCUT2D eigenvalue weighted by Gasteiger charge is 2.20. The SMILES string of the molecule is COc1cc(C[C@H](C#N)C(=O)Nc2cccc3ccccc23)ccc1O. The van der Waals surface area contributed by atoms with Crippen molar-refractivity contribution in [3.63, 3.8) is 0 Å². The van der Waals surface area contributed by atoms with Gasteiger partial charge in [-0.3, -0.25) is 4.79 Å². The Bertz CT molecular complexity index is 987. The normalized spacial score (nSPS) is 11.5. The summed E-state index contributed by atoms with van der Waals surface area (Å²) in [6.07, 6.45) is 0.226. The van der Waals surface area contributed by atoms with Crippen LogP contribution in [0.5, 0.6) is 11.5 Å². The molecule has 0 saturated heterocycles. The van der Waals surface area contributed by atoms with E-state index in [1.807, 2.05) is 42.5 Å². The van der Waals surface area contributed by atoms with E-state index in [0.29, 0.717) is 11.4 Å². The first-order valence-corrected chi connectivity index (χ1v) is 8.16. The highest BCUT2D eigenvalue weighted by Crippen LogP contribution is 2.28. The summed E-state index contributed by atoms with van der Waals surface area (Å²) in [6.45, 7) is 0. The van der Waals surface area contributed by atoms with Crippen LogP contribution in [-0.2, 0) is 11.2 Å². The minimum absolute atomic E-state index is 0.0185. The number of phenols is 1. The van der Waals surface area contributed by atoms with Gasteiger partial charge in [-0.2, -0.15) is 5.26 Å². The third-order valence-electron chi connectivity index (χ3n) is 4.20. The summed E-state index contributed by atoms with van der Waals surface area (Å²) in [4.78, 5) is 12.6. The van der Waals surface area contributed by atoms with Gasteiger partial charge in [0.1, 0.15) is 5.92 Å². The van der Waals surface area contributed by atoms with Crippen LogP contribution >= 0.6 is 0 Å². The molecule has 0 saturated carbocycles. The summed E-state index contributed by atoms with van der Waals surface area (Å²) in [5.41, 5.74) is 1.41. The number of hydrogen-bond acceptors (Lipinski definition) is 4. The zero-order chi connectivity index (χ0) is 18.5. The van der Waals surface area contributed by atoms with Crippen LogP contribution in [0.1, 0.15) is 5.56 Å². The summed E-state index contributed by atoms with van der Waals surface area (Å²) in [6, 6.07) is 20.2. The number of fused-ring (bicyclic) bond motifs is 1. The van der Waals surface area contributed by atoms with Crippen molar-refractivity contribution >= 4 is 22.4 Å². The fourth-order valence-corrected chi connectivity index (χ4v) is 2.84. The topological polar surface area (TPSA) is 82.3 Å². The van der Waals surface area contributed by atoms with Gasteiger partial charge in [0.15, 0.2) is 11.5 Å². The number of carbonyl (C=O) groups is 1. The quantitative estimate of drug-likeness (QED) is 0.734. The van der Waals surface area contributed by atoms with Gasteiger partial charge in [0, 0.05) is 11.1 Å². The molecule has 0 heterocycles. The molecule has 0 radical (unpaired) electrons. The number of hydrogen-bond donors (Lipinski definition) is 2. The average molecular weight is 346 g/mol. The number of rotatable bonds is 5. The fraction of sp³-hybridized carbons (Fsp3) is 0.143. The van der Waals surface area contributed by atoms with E-state index in [9.17, 15) is 15.2 Å². The summed E-state index contributed by atoms with van der Waals surface area (Å²) in [5, 5.41) is 23.9. The Morgan fingerprint density at radius 3 is 2.73 bits per heavy atom. The molecule has 0 aliphatic carbocycles. The Morgan fingerprint density at radius 2 is 1.96 bits per heavy atom. The predicted octanol–water partition coefficient (Wildman–Crippen LogP) is 3.87. The van der Waals surface area contributed by atoms with E-state index in [1.165, 1.54) is 13.2 Å². The smallest absolute Gasteiger partial charge is 0.242 e. The van der Waals surface area contributed by atoms with Crippen LogP contribution in [0.25, 0.3) is 10.8 Å². The second-order valence-electron chi connectivity index (χ2n) is 5.91. The highest BCUT2D eigenvalue weighted by atomic mass is 16.5. The standard InChI is InChI=1S/C21H18N2O3/c1-26-20-12-14(9-10-19(20)24)11-16(13-22)21(25)23-18-8-4-6-15-5-2-3-7-17(15)18/h2-10,12,16,24H,11H2,1H3,(H,23,25)/t16-/m1/s1. The summed E-state index contributed by atoms with van der Waals surface area (Å²) in [7, 11) is 1.45. The Balaban J connectivity index is 1.80. The van der Waals surface area contributed by atoms with Crippen molar-refractivity contribution in [3.8, 4) is 17.6 Å². The molecule has 26 heavy (non-hydrogen) atoms. The van der Waals surface area contributed by atoms with E-state index >= 15 is 0 Å². The third-order valence-corrected chi connectivity index (χ3v) is 4.20. The second kappa shape index (κ2) is 7.58. The van der Waals surface area contributed by atoms with E-state index in [0.717, 1.165) is 16.3 Å². The van der Waals surface area contributed by atoms with Gasteiger partial charge in [0.25, 0.3) is 0 Å². The van der Waals surface area contributed by atoms with Crippen LogP contribution in [0.4, 0.5) is 5.69 Å². The van der Waals surface area contributed by atoms with Crippen molar-refractivity contribution in [3.05, 3.63) is 66.2 Å². The van der Waals surface area contributed by atoms with Crippen molar-refractivity contribution in [2.75, 3.05) is 12.4 Å². The van der Waals surface area contributed by atoms with Gasteiger partial charge in [0.2, 0.25) is 5.91 Å². The molecule has 3 aromatic rings. The summed E-state index contributed by atoms with van der Waals surface area (Å²) >= 11 is 0. The fourth-order valence-electron chi connectivity index (χ4n) is 2.84. The highest BCUT2D eigenvalue weighted by molar-refractivity contribution is 6.03. The second-order valence-corrected chi connectivity index (χ2v) is 5.91. The van der Waals surface area contributed by atoms with Crippen LogP contribution in [0, 0.1) is 17.2 Å². The molecule has 0 aliphatic heterocycles. The molecule has 2 N–H and O–H groups in total. The van der Waals surface area contributed by atoms with Gasteiger partial charge in [-0.1, -0.05) is 42.5 Å². The van der Waals surface area contributed by atoms with Crippen molar-refractivity contribution in [2.45, 2.75) is 6.42 Å². The van der Waals surface area contributed by atoms with E-state index in [2.05, 4.69) is 11.4 Å². The number of aromatic hydroxyl groups is 1. The molecule has 0 bridgehead atoms. The van der Waals surface area contributed by atoms with E-state index in [1.54, 1.807) is 12.1 Å². The zero-order valence-corrected chi connectivity index (χ0v) is 14.3. The molecular weight excluding hydrogens is 328 g/mol. The van der Waals surface area contributed by atoms with Crippen molar-refractivity contribution in [2.24, 2.45) is 5.92 Å². The lowest BCUT2D eigenvalue weighted by molar-refractivity contribution is -0.118. The first-order valence-electron chi connectivity index (χ1n) is 8.16. The minimum atomic E-state index is -0.858. The number of ether oxygens (including phenoxy) is 1. The summed E-state index contributed by atoms with van der Waals surface area (Å²) in [5.74, 6) is -0.891. The van der Waals surface area contributed by atoms with Crippen LogP contribution in [0.15, 0.2) is 60.7 Å². The molecule has 0 aliphatic rings. The maximum absolute atomic E-state index is 12.6. The number of methoxy groups -OCH3 is 1. The van der Waals surface area contributed by atoms with E-state index < -0.39 is 5.92 Å². The Kier molecular flexibility index (Phi) is 5.04. The number of nitrogens with zero attached hydrogens (tertiary/aromatic N) is 1. The molecule has 0 spiro atoms. The Labute approximate surface area is 151 Å². The van der Waals surface area contributed by atoms with E-state index in [4.69, 9.17) is 4.74 Å². The molecule has 3 aromatic carbocycles. The lowest BCUT2D eigenvalue weighted by Gasteiger charge is -2.13. The molecule has 130 valence electrons. The van der Waals surface area contributed by atoms with Gasteiger partial charge < -0.3 is 15.2 Å². The van der Waals surface area contributed by atoms with Gasteiger partial charge in [-0.15, -0.1) is 0 Å². The Hall–Kier alpha value is -3.52. The van der Waals surface area contributed by atoms with Crippen LogP contribution in [0.2, 0.25) is 0 Å². The van der Waals surface area contributed by atoms with Gasteiger partial charge in [-0.25, -0.2) is 0 Å².